The summed E-state index contributed by atoms with van der Waals surface area (Å²) in [6.45, 7) is 4.64. The van der Waals surface area contributed by atoms with Crippen LogP contribution in [0.3, 0.4) is 0 Å². The van der Waals surface area contributed by atoms with Gasteiger partial charge in [0.2, 0.25) is 0 Å². The third kappa shape index (κ3) is 4.80. The highest BCUT2D eigenvalue weighted by Gasteiger charge is 2.27. The van der Waals surface area contributed by atoms with E-state index >= 15 is 0 Å². The molecule has 1 aromatic carbocycles. The van der Waals surface area contributed by atoms with Gasteiger partial charge in [-0.25, -0.2) is 4.39 Å². The number of benzene rings is 1. The van der Waals surface area contributed by atoms with Crippen molar-refractivity contribution in [3.05, 3.63) is 35.6 Å². The first-order chi connectivity index (χ1) is 10.5. The standard InChI is InChI=1S/C18H26FNO2/c1-12(2)9-15(18(21)22)11-20-17-8-5-14(10-17)13-3-6-16(19)7-4-13/h3-4,6-7,12,14-15,17,20H,5,8-11H2,1-2H3,(H,21,22). The maximum absolute atomic E-state index is 13.0. The SMILES string of the molecule is CC(C)CC(CNC1CCC(c2ccc(F)cc2)C1)C(=O)O. The van der Waals surface area contributed by atoms with Gasteiger partial charge < -0.3 is 10.4 Å². The molecule has 3 nitrogen and oxygen atoms in total. The van der Waals surface area contributed by atoms with Crippen LogP contribution in [0.15, 0.2) is 24.3 Å². The molecule has 1 aliphatic carbocycles. The normalized spacial score (nSPS) is 22.9. The Morgan fingerprint density at radius 1 is 1.32 bits per heavy atom. The Kier molecular flexibility index (Phi) is 5.95. The van der Waals surface area contributed by atoms with Gasteiger partial charge in [-0.3, -0.25) is 4.79 Å². The Morgan fingerprint density at radius 2 is 2.00 bits per heavy atom. The van der Waals surface area contributed by atoms with E-state index in [2.05, 4.69) is 19.2 Å². The molecule has 0 amide bonds. The summed E-state index contributed by atoms with van der Waals surface area (Å²) < 4.78 is 13.0. The summed E-state index contributed by atoms with van der Waals surface area (Å²) >= 11 is 0. The molecule has 0 aromatic heterocycles. The molecule has 1 saturated carbocycles. The van der Waals surface area contributed by atoms with Crippen LogP contribution >= 0.6 is 0 Å². The minimum atomic E-state index is -0.714. The van der Waals surface area contributed by atoms with Crippen LogP contribution in [-0.2, 0) is 4.79 Å². The fourth-order valence-electron chi connectivity index (χ4n) is 3.35. The van der Waals surface area contributed by atoms with Gasteiger partial charge in [-0.05, 0) is 55.2 Å². The van der Waals surface area contributed by atoms with Crippen LogP contribution < -0.4 is 5.32 Å². The van der Waals surface area contributed by atoms with E-state index in [0.717, 1.165) is 19.3 Å². The number of nitrogens with one attached hydrogen (secondary N) is 1. The van der Waals surface area contributed by atoms with Gasteiger partial charge in [0.15, 0.2) is 0 Å². The van der Waals surface area contributed by atoms with Gasteiger partial charge in [0, 0.05) is 12.6 Å². The number of rotatable bonds is 7. The average Bonchev–Trinajstić information content (AvgIpc) is 2.92. The predicted octanol–water partition coefficient (Wildman–Crippen LogP) is 3.80. The Labute approximate surface area is 131 Å². The molecule has 0 aliphatic heterocycles. The lowest BCUT2D eigenvalue weighted by Gasteiger charge is -2.19. The van der Waals surface area contributed by atoms with Crippen molar-refractivity contribution < 1.29 is 14.3 Å². The van der Waals surface area contributed by atoms with Crippen LogP contribution in [0.2, 0.25) is 0 Å². The fraction of sp³-hybridized carbons (Fsp3) is 0.611. The second kappa shape index (κ2) is 7.73. The molecule has 0 bridgehead atoms. The van der Waals surface area contributed by atoms with Gasteiger partial charge in [0.1, 0.15) is 5.82 Å². The Morgan fingerprint density at radius 3 is 2.59 bits per heavy atom. The molecule has 2 N–H and O–H groups in total. The van der Waals surface area contributed by atoms with E-state index in [1.807, 2.05) is 12.1 Å². The Balaban J connectivity index is 1.83. The van der Waals surface area contributed by atoms with Crippen molar-refractivity contribution in [3.8, 4) is 0 Å². The quantitative estimate of drug-likeness (QED) is 0.805. The van der Waals surface area contributed by atoms with Crippen molar-refractivity contribution in [1.82, 2.24) is 5.32 Å². The van der Waals surface area contributed by atoms with Gasteiger partial charge in [-0.15, -0.1) is 0 Å². The maximum Gasteiger partial charge on any atom is 0.307 e. The van der Waals surface area contributed by atoms with E-state index in [4.69, 9.17) is 0 Å². The average molecular weight is 307 g/mol. The zero-order valence-electron chi connectivity index (χ0n) is 13.4. The molecule has 22 heavy (non-hydrogen) atoms. The van der Waals surface area contributed by atoms with Gasteiger partial charge >= 0.3 is 5.97 Å². The number of halogens is 1. The molecule has 2 rings (SSSR count). The lowest BCUT2D eigenvalue weighted by molar-refractivity contribution is -0.142. The first-order valence-corrected chi connectivity index (χ1v) is 8.17. The second-order valence-corrected chi connectivity index (χ2v) is 6.83. The van der Waals surface area contributed by atoms with Crippen LogP contribution in [0, 0.1) is 17.7 Å². The van der Waals surface area contributed by atoms with Crippen molar-refractivity contribution in [2.24, 2.45) is 11.8 Å². The van der Waals surface area contributed by atoms with E-state index in [1.165, 1.54) is 17.7 Å². The maximum atomic E-state index is 13.0. The third-order valence-electron chi connectivity index (χ3n) is 4.53. The fourth-order valence-corrected chi connectivity index (χ4v) is 3.35. The molecular formula is C18H26FNO2. The summed E-state index contributed by atoms with van der Waals surface area (Å²) in [7, 11) is 0. The van der Waals surface area contributed by atoms with Crippen molar-refractivity contribution in [1.29, 1.82) is 0 Å². The highest BCUT2D eigenvalue weighted by molar-refractivity contribution is 5.70. The summed E-state index contributed by atoms with van der Waals surface area (Å²) in [5, 5.41) is 12.7. The van der Waals surface area contributed by atoms with Crippen LogP contribution in [0.1, 0.15) is 51.0 Å². The zero-order valence-corrected chi connectivity index (χ0v) is 13.4. The molecule has 1 aliphatic rings. The molecule has 0 heterocycles. The lowest BCUT2D eigenvalue weighted by Crippen LogP contribution is -2.35. The Bertz CT molecular complexity index is 486. The van der Waals surface area contributed by atoms with E-state index in [9.17, 15) is 14.3 Å². The molecular weight excluding hydrogens is 281 g/mol. The molecule has 4 heteroatoms. The summed E-state index contributed by atoms with van der Waals surface area (Å²) in [6.07, 6.45) is 3.83. The minimum Gasteiger partial charge on any atom is -0.481 e. The van der Waals surface area contributed by atoms with E-state index < -0.39 is 5.97 Å². The zero-order chi connectivity index (χ0) is 16.1. The summed E-state index contributed by atoms with van der Waals surface area (Å²) in [5.74, 6) is -0.390. The van der Waals surface area contributed by atoms with Crippen LogP contribution in [0.25, 0.3) is 0 Å². The molecule has 3 unspecified atom stereocenters. The molecule has 3 atom stereocenters. The van der Waals surface area contributed by atoms with E-state index in [0.29, 0.717) is 30.8 Å². The van der Waals surface area contributed by atoms with Crippen molar-refractivity contribution in [3.63, 3.8) is 0 Å². The number of hydrogen-bond acceptors (Lipinski definition) is 2. The molecule has 0 spiro atoms. The number of carbonyl (C=O) groups is 1. The number of carboxylic acid groups (broad SMARTS) is 1. The molecule has 122 valence electrons. The highest BCUT2D eigenvalue weighted by atomic mass is 19.1. The first-order valence-electron chi connectivity index (χ1n) is 8.17. The minimum absolute atomic E-state index is 0.200. The predicted molar refractivity (Wildman–Crippen MR) is 85.4 cm³/mol. The summed E-state index contributed by atoms with van der Waals surface area (Å²) in [4.78, 5) is 11.3. The van der Waals surface area contributed by atoms with Crippen molar-refractivity contribution >= 4 is 5.97 Å². The summed E-state index contributed by atoms with van der Waals surface area (Å²) in [5.41, 5.74) is 1.18. The lowest BCUT2D eigenvalue weighted by atomic mass is 9.96. The van der Waals surface area contributed by atoms with Crippen LogP contribution in [0.5, 0.6) is 0 Å². The number of aliphatic carboxylic acids is 1. The number of hydrogen-bond donors (Lipinski definition) is 2. The molecule has 0 radical (unpaired) electrons. The smallest absolute Gasteiger partial charge is 0.307 e. The largest absolute Gasteiger partial charge is 0.481 e. The Hall–Kier alpha value is -1.42. The van der Waals surface area contributed by atoms with Gasteiger partial charge in [-0.2, -0.15) is 0 Å². The molecule has 1 aromatic rings. The van der Waals surface area contributed by atoms with Crippen LogP contribution in [-0.4, -0.2) is 23.7 Å². The van der Waals surface area contributed by atoms with Crippen molar-refractivity contribution in [2.45, 2.75) is 51.5 Å². The van der Waals surface area contributed by atoms with E-state index in [1.54, 1.807) is 0 Å². The third-order valence-corrected chi connectivity index (χ3v) is 4.53. The first kappa shape index (κ1) is 16.9. The summed E-state index contributed by atoms with van der Waals surface area (Å²) in [6, 6.07) is 7.12. The van der Waals surface area contributed by atoms with Gasteiger partial charge in [0.25, 0.3) is 0 Å². The van der Waals surface area contributed by atoms with Crippen molar-refractivity contribution in [2.75, 3.05) is 6.54 Å². The second-order valence-electron chi connectivity index (χ2n) is 6.83. The topological polar surface area (TPSA) is 49.3 Å². The van der Waals surface area contributed by atoms with E-state index in [-0.39, 0.29) is 11.7 Å². The van der Waals surface area contributed by atoms with Gasteiger partial charge in [-0.1, -0.05) is 26.0 Å². The number of carboxylic acids is 1. The monoisotopic (exact) mass is 307 g/mol. The van der Waals surface area contributed by atoms with Gasteiger partial charge in [0.05, 0.1) is 5.92 Å². The van der Waals surface area contributed by atoms with Crippen LogP contribution in [0.4, 0.5) is 4.39 Å². The molecule has 0 saturated heterocycles. The highest BCUT2D eigenvalue weighted by Crippen LogP contribution is 2.34. The molecule has 1 fully saturated rings.